The van der Waals surface area contributed by atoms with Crippen LogP contribution in [0.5, 0.6) is 0 Å². The van der Waals surface area contributed by atoms with Gasteiger partial charge < -0.3 is 10.6 Å². The Kier molecular flexibility index (Phi) is 7.20. The summed E-state index contributed by atoms with van der Waals surface area (Å²) in [6.45, 7) is 12.1. The van der Waals surface area contributed by atoms with Crippen LogP contribution in [0.15, 0.2) is 12.1 Å². The number of nitrogens with zero attached hydrogens (tertiary/aromatic N) is 1. The van der Waals surface area contributed by atoms with Crippen LogP contribution in [0.2, 0.25) is 0 Å². The van der Waals surface area contributed by atoms with E-state index in [2.05, 4.69) is 43.3 Å². The maximum atomic E-state index is 12.3. The van der Waals surface area contributed by atoms with Crippen molar-refractivity contribution >= 4 is 11.7 Å². The molecule has 0 radical (unpaired) electrons. The molecular formula is C17H29N3O. The number of nitrogens with one attached hydrogen (secondary N) is 2. The SMILES string of the molecule is CCNc1cc(C(=O)NCC(CC)CC)cc(C(C)C)n1. The first-order valence-corrected chi connectivity index (χ1v) is 8.05. The molecule has 118 valence electrons. The summed E-state index contributed by atoms with van der Waals surface area (Å²) in [7, 11) is 0. The molecule has 0 atom stereocenters. The number of amides is 1. The van der Waals surface area contributed by atoms with Crippen LogP contribution in [-0.2, 0) is 0 Å². The van der Waals surface area contributed by atoms with Gasteiger partial charge in [-0.05, 0) is 30.9 Å². The largest absolute Gasteiger partial charge is 0.370 e. The lowest BCUT2D eigenvalue weighted by Crippen LogP contribution is -2.29. The molecule has 0 unspecified atom stereocenters. The van der Waals surface area contributed by atoms with Gasteiger partial charge in [0.25, 0.3) is 5.91 Å². The standard InChI is InChI=1S/C17H29N3O/c1-6-13(7-2)11-19-17(21)14-9-15(12(4)5)20-16(10-14)18-8-3/h9-10,12-13H,6-8,11H2,1-5H3,(H,18,20)(H,19,21). The van der Waals surface area contributed by atoms with E-state index >= 15 is 0 Å². The minimum atomic E-state index is -0.00893. The second kappa shape index (κ2) is 8.65. The van der Waals surface area contributed by atoms with Crippen LogP contribution in [-0.4, -0.2) is 24.0 Å². The topological polar surface area (TPSA) is 54.0 Å². The van der Waals surface area contributed by atoms with E-state index in [4.69, 9.17) is 0 Å². The molecule has 1 aromatic heterocycles. The number of aromatic nitrogens is 1. The van der Waals surface area contributed by atoms with Crippen LogP contribution in [0.1, 0.15) is 69.4 Å². The van der Waals surface area contributed by atoms with Gasteiger partial charge in [-0.2, -0.15) is 0 Å². The molecule has 1 aromatic rings. The molecule has 0 saturated heterocycles. The van der Waals surface area contributed by atoms with Crippen LogP contribution in [0, 0.1) is 5.92 Å². The van der Waals surface area contributed by atoms with Gasteiger partial charge in [0.05, 0.1) is 0 Å². The first kappa shape index (κ1) is 17.5. The van der Waals surface area contributed by atoms with Gasteiger partial charge in [-0.25, -0.2) is 4.98 Å². The summed E-state index contributed by atoms with van der Waals surface area (Å²) >= 11 is 0. The third-order valence-corrected chi connectivity index (χ3v) is 3.76. The number of carbonyl (C=O) groups excluding carboxylic acids is 1. The van der Waals surface area contributed by atoms with Crippen LogP contribution < -0.4 is 10.6 Å². The highest BCUT2D eigenvalue weighted by atomic mass is 16.1. The minimum Gasteiger partial charge on any atom is -0.370 e. The van der Waals surface area contributed by atoms with Gasteiger partial charge in [0.2, 0.25) is 0 Å². The predicted octanol–water partition coefficient (Wildman–Crippen LogP) is 3.80. The van der Waals surface area contributed by atoms with Crippen molar-refractivity contribution in [2.75, 3.05) is 18.4 Å². The second-order valence-corrected chi connectivity index (χ2v) is 5.74. The zero-order chi connectivity index (χ0) is 15.8. The van der Waals surface area contributed by atoms with Crippen molar-refractivity contribution in [3.05, 3.63) is 23.4 Å². The minimum absolute atomic E-state index is 0.00893. The number of rotatable bonds is 8. The zero-order valence-corrected chi connectivity index (χ0v) is 14.0. The Hall–Kier alpha value is -1.58. The molecule has 1 heterocycles. The summed E-state index contributed by atoms with van der Waals surface area (Å²) in [5, 5.41) is 6.24. The normalized spacial score (nSPS) is 11.0. The van der Waals surface area contributed by atoms with Gasteiger partial charge in [-0.15, -0.1) is 0 Å². The molecule has 4 heteroatoms. The lowest BCUT2D eigenvalue weighted by Gasteiger charge is -2.15. The van der Waals surface area contributed by atoms with E-state index in [9.17, 15) is 4.79 Å². The molecule has 0 bridgehead atoms. The maximum Gasteiger partial charge on any atom is 0.251 e. The van der Waals surface area contributed by atoms with Crippen LogP contribution in [0.3, 0.4) is 0 Å². The van der Waals surface area contributed by atoms with Gasteiger partial charge in [0.15, 0.2) is 0 Å². The van der Waals surface area contributed by atoms with Crippen molar-refractivity contribution in [1.82, 2.24) is 10.3 Å². The molecule has 2 N–H and O–H groups in total. The van der Waals surface area contributed by atoms with Crippen LogP contribution in [0.4, 0.5) is 5.82 Å². The first-order valence-electron chi connectivity index (χ1n) is 8.05. The molecule has 0 spiro atoms. The van der Waals surface area contributed by atoms with Gasteiger partial charge in [0, 0.05) is 24.3 Å². The fourth-order valence-corrected chi connectivity index (χ4v) is 2.17. The Morgan fingerprint density at radius 1 is 1.19 bits per heavy atom. The van der Waals surface area contributed by atoms with Crippen molar-refractivity contribution in [1.29, 1.82) is 0 Å². The quantitative estimate of drug-likeness (QED) is 0.766. The van der Waals surface area contributed by atoms with E-state index in [0.717, 1.165) is 37.4 Å². The second-order valence-electron chi connectivity index (χ2n) is 5.74. The molecule has 0 aliphatic heterocycles. The molecule has 0 saturated carbocycles. The molecule has 0 aromatic carbocycles. The molecule has 1 amide bonds. The molecule has 21 heavy (non-hydrogen) atoms. The summed E-state index contributed by atoms with van der Waals surface area (Å²) < 4.78 is 0. The number of anilines is 1. The summed E-state index contributed by atoms with van der Waals surface area (Å²) in [4.78, 5) is 16.9. The molecular weight excluding hydrogens is 262 g/mol. The Labute approximate surface area is 128 Å². The lowest BCUT2D eigenvalue weighted by atomic mass is 10.0. The van der Waals surface area contributed by atoms with E-state index in [-0.39, 0.29) is 5.91 Å². The van der Waals surface area contributed by atoms with E-state index in [0.29, 0.717) is 17.4 Å². The average Bonchev–Trinajstić information content (AvgIpc) is 2.48. The van der Waals surface area contributed by atoms with Crippen molar-refractivity contribution in [2.45, 2.75) is 53.4 Å². The highest BCUT2D eigenvalue weighted by molar-refractivity contribution is 5.95. The lowest BCUT2D eigenvalue weighted by molar-refractivity contribution is 0.0946. The van der Waals surface area contributed by atoms with E-state index in [1.54, 1.807) is 0 Å². The van der Waals surface area contributed by atoms with Crippen molar-refractivity contribution in [2.24, 2.45) is 5.92 Å². The van der Waals surface area contributed by atoms with Crippen molar-refractivity contribution < 1.29 is 4.79 Å². The zero-order valence-electron chi connectivity index (χ0n) is 14.0. The van der Waals surface area contributed by atoms with Gasteiger partial charge in [0.1, 0.15) is 5.82 Å². The van der Waals surface area contributed by atoms with Crippen molar-refractivity contribution in [3.8, 4) is 0 Å². The van der Waals surface area contributed by atoms with Gasteiger partial charge in [-0.1, -0.05) is 40.5 Å². The Morgan fingerprint density at radius 2 is 1.86 bits per heavy atom. The van der Waals surface area contributed by atoms with Crippen LogP contribution >= 0.6 is 0 Å². The Balaban J connectivity index is 2.86. The Morgan fingerprint density at radius 3 is 2.38 bits per heavy atom. The van der Waals surface area contributed by atoms with Crippen LogP contribution in [0.25, 0.3) is 0 Å². The van der Waals surface area contributed by atoms with Gasteiger partial charge in [-0.3, -0.25) is 4.79 Å². The summed E-state index contributed by atoms with van der Waals surface area (Å²) in [6.07, 6.45) is 2.18. The molecule has 4 nitrogen and oxygen atoms in total. The fourth-order valence-electron chi connectivity index (χ4n) is 2.17. The number of hydrogen-bond donors (Lipinski definition) is 2. The number of hydrogen-bond acceptors (Lipinski definition) is 3. The van der Waals surface area contributed by atoms with Crippen molar-refractivity contribution in [3.63, 3.8) is 0 Å². The highest BCUT2D eigenvalue weighted by Crippen LogP contribution is 2.18. The number of carbonyl (C=O) groups is 1. The van der Waals surface area contributed by atoms with E-state index in [1.807, 2.05) is 19.1 Å². The summed E-state index contributed by atoms with van der Waals surface area (Å²) in [5.41, 5.74) is 1.64. The molecule has 0 aliphatic carbocycles. The smallest absolute Gasteiger partial charge is 0.251 e. The summed E-state index contributed by atoms with van der Waals surface area (Å²) in [6, 6.07) is 3.73. The molecule has 0 fully saturated rings. The maximum absolute atomic E-state index is 12.3. The third-order valence-electron chi connectivity index (χ3n) is 3.76. The first-order chi connectivity index (χ1) is 10.0. The summed E-state index contributed by atoms with van der Waals surface area (Å²) in [5.74, 6) is 1.62. The monoisotopic (exact) mass is 291 g/mol. The predicted molar refractivity (Wildman–Crippen MR) is 88.9 cm³/mol. The third kappa shape index (κ3) is 5.37. The van der Waals surface area contributed by atoms with Gasteiger partial charge >= 0.3 is 0 Å². The van der Waals surface area contributed by atoms with E-state index in [1.165, 1.54) is 0 Å². The highest BCUT2D eigenvalue weighted by Gasteiger charge is 2.13. The Bertz CT molecular complexity index is 453. The molecule has 1 rings (SSSR count). The average molecular weight is 291 g/mol. The fraction of sp³-hybridized carbons (Fsp3) is 0.647. The number of pyridine rings is 1. The molecule has 0 aliphatic rings. The van der Waals surface area contributed by atoms with E-state index < -0.39 is 0 Å².